The molecular formula is C17H26N2O2. The minimum absolute atomic E-state index is 0.371. The van der Waals surface area contributed by atoms with Crippen molar-refractivity contribution in [2.45, 2.75) is 13.8 Å². The van der Waals surface area contributed by atoms with Crippen LogP contribution < -0.4 is 10.5 Å². The topological polar surface area (TPSA) is 47.7 Å². The maximum Gasteiger partial charge on any atom is 0.120 e. The summed E-state index contributed by atoms with van der Waals surface area (Å²) >= 11 is 0. The first-order chi connectivity index (χ1) is 10.3. The lowest BCUT2D eigenvalue weighted by Crippen LogP contribution is -2.31. The predicted octanol–water partition coefficient (Wildman–Crippen LogP) is 1.73. The highest BCUT2D eigenvalue weighted by Gasteiger charge is 2.02. The number of benzene rings is 1. The second-order valence-corrected chi connectivity index (χ2v) is 4.51. The lowest BCUT2D eigenvalue weighted by Gasteiger charge is -2.20. The Kier molecular flexibility index (Phi) is 9.30. The second kappa shape index (κ2) is 11.2. The van der Waals surface area contributed by atoms with E-state index < -0.39 is 0 Å². The zero-order chi connectivity index (χ0) is 15.3. The summed E-state index contributed by atoms with van der Waals surface area (Å²) in [6, 6.07) is 7.79. The summed E-state index contributed by atoms with van der Waals surface area (Å²) in [5.74, 6) is 6.70. The quantitative estimate of drug-likeness (QED) is 0.556. The van der Waals surface area contributed by atoms with Gasteiger partial charge >= 0.3 is 0 Å². The van der Waals surface area contributed by atoms with Gasteiger partial charge in [0.1, 0.15) is 12.4 Å². The molecule has 1 aromatic rings. The van der Waals surface area contributed by atoms with E-state index in [0.29, 0.717) is 13.2 Å². The molecule has 0 aliphatic carbocycles. The Hall–Kier alpha value is -1.54. The van der Waals surface area contributed by atoms with Crippen LogP contribution in [0.15, 0.2) is 24.3 Å². The van der Waals surface area contributed by atoms with E-state index in [2.05, 4.69) is 23.7 Å². The number of likely N-dealkylation sites (N-methyl/N-ethyl adjacent to an activating group) is 1. The molecule has 0 aliphatic heterocycles. The summed E-state index contributed by atoms with van der Waals surface area (Å²) in [5, 5.41) is 0. The monoisotopic (exact) mass is 290 g/mol. The van der Waals surface area contributed by atoms with Crippen LogP contribution in [0.25, 0.3) is 0 Å². The number of ether oxygens (including phenoxy) is 2. The summed E-state index contributed by atoms with van der Waals surface area (Å²) in [5.41, 5.74) is 6.30. The third-order valence-corrected chi connectivity index (χ3v) is 3.05. The number of nitrogens with two attached hydrogens (primary N) is 1. The van der Waals surface area contributed by atoms with Crippen LogP contribution in [-0.4, -0.2) is 50.9 Å². The van der Waals surface area contributed by atoms with E-state index >= 15 is 0 Å². The van der Waals surface area contributed by atoms with Gasteiger partial charge in [-0.15, -0.1) is 0 Å². The third-order valence-electron chi connectivity index (χ3n) is 3.05. The van der Waals surface area contributed by atoms with E-state index in [9.17, 15) is 0 Å². The van der Waals surface area contributed by atoms with Crippen molar-refractivity contribution in [3.05, 3.63) is 29.8 Å². The van der Waals surface area contributed by atoms with E-state index in [1.165, 1.54) is 0 Å². The minimum Gasteiger partial charge on any atom is -0.492 e. The van der Waals surface area contributed by atoms with Crippen molar-refractivity contribution in [1.29, 1.82) is 0 Å². The smallest absolute Gasteiger partial charge is 0.120 e. The molecule has 0 aliphatic rings. The Morgan fingerprint density at radius 2 is 2.00 bits per heavy atom. The van der Waals surface area contributed by atoms with Crippen LogP contribution in [0.1, 0.15) is 19.4 Å². The highest BCUT2D eigenvalue weighted by atomic mass is 16.5. The van der Waals surface area contributed by atoms with Crippen molar-refractivity contribution in [3.63, 3.8) is 0 Å². The van der Waals surface area contributed by atoms with Gasteiger partial charge in [0, 0.05) is 25.3 Å². The maximum atomic E-state index is 5.78. The van der Waals surface area contributed by atoms with Crippen molar-refractivity contribution in [3.8, 4) is 17.6 Å². The molecule has 0 fully saturated rings. The molecule has 0 bridgehead atoms. The molecule has 0 saturated carbocycles. The molecule has 4 nitrogen and oxygen atoms in total. The predicted molar refractivity (Wildman–Crippen MR) is 86.5 cm³/mol. The van der Waals surface area contributed by atoms with Crippen LogP contribution in [0.4, 0.5) is 0 Å². The summed E-state index contributed by atoms with van der Waals surface area (Å²) in [6.45, 7) is 9.56. The van der Waals surface area contributed by atoms with Gasteiger partial charge in [-0.1, -0.05) is 24.8 Å². The normalized spacial score (nSPS) is 10.3. The maximum absolute atomic E-state index is 5.78. The van der Waals surface area contributed by atoms with Crippen molar-refractivity contribution < 1.29 is 9.47 Å². The molecule has 21 heavy (non-hydrogen) atoms. The summed E-state index contributed by atoms with van der Waals surface area (Å²) in [6.07, 6.45) is 0. The standard InChI is InChI=1S/C17H26N2O2/c1-3-19(11-13-20-4-2)12-14-21-17-9-5-7-16(15-17)8-6-10-18/h5,7,9,15H,3-4,10-14,18H2,1-2H3. The average Bonchev–Trinajstić information content (AvgIpc) is 2.52. The summed E-state index contributed by atoms with van der Waals surface area (Å²) < 4.78 is 11.2. The fourth-order valence-corrected chi connectivity index (χ4v) is 1.88. The molecule has 0 saturated heterocycles. The van der Waals surface area contributed by atoms with Crippen molar-refractivity contribution in [1.82, 2.24) is 4.90 Å². The first kappa shape index (κ1) is 17.5. The largest absolute Gasteiger partial charge is 0.492 e. The van der Waals surface area contributed by atoms with Gasteiger partial charge in [-0.3, -0.25) is 4.90 Å². The van der Waals surface area contributed by atoms with Gasteiger partial charge in [0.05, 0.1) is 13.2 Å². The third kappa shape index (κ3) is 7.72. The Labute approximate surface area is 128 Å². The molecule has 0 unspecified atom stereocenters. The fourth-order valence-electron chi connectivity index (χ4n) is 1.88. The van der Waals surface area contributed by atoms with Gasteiger partial charge in [-0.25, -0.2) is 0 Å². The van der Waals surface area contributed by atoms with Crippen LogP contribution in [0, 0.1) is 11.8 Å². The summed E-state index contributed by atoms with van der Waals surface area (Å²) in [4.78, 5) is 2.31. The van der Waals surface area contributed by atoms with Crippen LogP contribution in [0.2, 0.25) is 0 Å². The molecule has 0 heterocycles. The molecule has 0 amide bonds. The first-order valence-corrected chi connectivity index (χ1v) is 7.52. The van der Waals surface area contributed by atoms with Crippen LogP contribution in [-0.2, 0) is 4.74 Å². The molecule has 0 spiro atoms. The van der Waals surface area contributed by atoms with E-state index in [1.54, 1.807) is 0 Å². The fraction of sp³-hybridized carbons (Fsp3) is 0.529. The Morgan fingerprint density at radius 1 is 1.19 bits per heavy atom. The molecular weight excluding hydrogens is 264 g/mol. The first-order valence-electron chi connectivity index (χ1n) is 7.52. The number of nitrogens with zero attached hydrogens (tertiary/aromatic N) is 1. The lowest BCUT2D eigenvalue weighted by atomic mass is 10.2. The van der Waals surface area contributed by atoms with E-state index in [4.69, 9.17) is 15.2 Å². The van der Waals surface area contributed by atoms with E-state index in [1.807, 2.05) is 31.2 Å². The molecule has 116 valence electrons. The molecule has 2 N–H and O–H groups in total. The van der Waals surface area contributed by atoms with Gasteiger partial charge in [-0.05, 0) is 31.7 Å². The molecule has 0 radical (unpaired) electrons. The second-order valence-electron chi connectivity index (χ2n) is 4.51. The van der Waals surface area contributed by atoms with Crippen LogP contribution >= 0.6 is 0 Å². The van der Waals surface area contributed by atoms with Crippen LogP contribution in [0.5, 0.6) is 5.75 Å². The highest BCUT2D eigenvalue weighted by molar-refractivity contribution is 5.39. The Morgan fingerprint density at radius 3 is 2.71 bits per heavy atom. The van der Waals surface area contributed by atoms with Crippen LogP contribution in [0.3, 0.4) is 0 Å². The number of rotatable bonds is 9. The zero-order valence-corrected chi connectivity index (χ0v) is 13.1. The van der Waals surface area contributed by atoms with Gasteiger partial charge in [0.25, 0.3) is 0 Å². The van der Waals surface area contributed by atoms with Gasteiger partial charge in [-0.2, -0.15) is 0 Å². The average molecular weight is 290 g/mol. The molecule has 1 rings (SSSR count). The molecule has 1 aromatic carbocycles. The number of hydrogen-bond donors (Lipinski definition) is 1. The van der Waals surface area contributed by atoms with Crippen molar-refractivity contribution in [2.24, 2.45) is 5.73 Å². The molecule has 0 aromatic heterocycles. The summed E-state index contributed by atoms with van der Waals surface area (Å²) in [7, 11) is 0. The minimum atomic E-state index is 0.371. The lowest BCUT2D eigenvalue weighted by molar-refractivity contribution is 0.108. The molecule has 4 heteroatoms. The van der Waals surface area contributed by atoms with Gasteiger partial charge in [0.15, 0.2) is 0 Å². The Bertz CT molecular complexity index is 452. The Balaban J connectivity index is 2.36. The highest BCUT2D eigenvalue weighted by Crippen LogP contribution is 2.12. The van der Waals surface area contributed by atoms with Gasteiger partial charge < -0.3 is 15.2 Å². The van der Waals surface area contributed by atoms with Crippen molar-refractivity contribution in [2.75, 3.05) is 46.0 Å². The van der Waals surface area contributed by atoms with Crippen molar-refractivity contribution >= 4 is 0 Å². The SMILES string of the molecule is CCOCCN(CC)CCOc1cccc(C#CCN)c1. The zero-order valence-electron chi connectivity index (χ0n) is 13.1. The van der Waals surface area contributed by atoms with E-state index in [0.717, 1.165) is 44.2 Å². The van der Waals surface area contributed by atoms with E-state index in [-0.39, 0.29) is 0 Å². The number of hydrogen-bond acceptors (Lipinski definition) is 4. The molecule has 0 atom stereocenters. The van der Waals surface area contributed by atoms with Gasteiger partial charge in [0.2, 0.25) is 0 Å².